The van der Waals surface area contributed by atoms with Crippen LogP contribution < -0.4 is 15.6 Å². The molecule has 6 heteroatoms. The molecule has 0 aliphatic rings. The SMILES string of the molecule is Cc1ccc(OC(C)C(=O)NNC(=O)c2ccccc2O)cc1. The van der Waals surface area contributed by atoms with Gasteiger partial charge in [0.25, 0.3) is 11.8 Å². The van der Waals surface area contributed by atoms with E-state index in [2.05, 4.69) is 10.9 Å². The number of hydrazine groups is 1. The van der Waals surface area contributed by atoms with E-state index >= 15 is 0 Å². The fraction of sp³-hybridized carbons (Fsp3) is 0.176. The van der Waals surface area contributed by atoms with Gasteiger partial charge in [-0.05, 0) is 38.1 Å². The molecule has 23 heavy (non-hydrogen) atoms. The number of hydrogen-bond donors (Lipinski definition) is 3. The van der Waals surface area contributed by atoms with Crippen molar-refractivity contribution in [3.05, 3.63) is 59.7 Å². The predicted octanol–water partition coefficient (Wildman–Crippen LogP) is 1.93. The van der Waals surface area contributed by atoms with Crippen LogP contribution in [0.3, 0.4) is 0 Å². The zero-order valence-corrected chi connectivity index (χ0v) is 12.9. The third-order valence-corrected chi connectivity index (χ3v) is 3.15. The highest BCUT2D eigenvalue weighted by atomic mass is 16.5. The van der Waals surface area contributed by atoms with Crippen molar-refractivity contribution in [1.82, 2.24) is 10.9 Å². The second-order valence-corrected chi connectivity index (χ2v) is 5.03. The smallest absolute Gasteiger partial charge is 0.279 e. The lowest BCUT2D eigenvalue weighted by Gasteiger charge is -2.15. The normalized spacial score (nSPS) is 11.4. The number of nitrogens with one attached hydrogen (secondary N) is 2. The fourth-order valence-corrected chi connectivity index (χ4v) is 1.83. The van der Waals surface area contributed by atoms with Gasteiger partial charge in [0.1, 0.15) is 11.5 Å². The Morgan fingerprint density at radius 1 is 1.04 bits per heavy atom. The summed E-state index contributed by atoms with van der Waals surface area (Å²) < 4.78 is 5.48. The van der Waals surface area contributed by atoms with Gasteiger partial charge in [-0.1, -0.05) is 29.8 Å². The second kappa shape index (κ2) is 7.31. The van der Waals surface area contributed by atoms with Gasteiger partial charge in [-0.3, -0.25) is 20.4 Å². The lowest BCUT2D eigenvalue weighted by molar-refractivity contribution is -0.128. The van der Waals surface area contributed by atoms with Crippen LogP contribution in [0.15, 0.2) is 48.5 Å². The van der Waals surface area contributed by atoms with E-state index < -0.39 is 17.9 Å². The third-order valence-electron chi connectivity index (χ3n) is 3.15. The van der Waals surface area contributed by atoms with Crippen molar-refractivity contribution in [2.24, 2.45) is 0 Å². The molecule has 2 rings (SSSR count). The highest BCUT2D eigenvalue weighted by Gasteiger charge is 2.16. The van der Waals surface area contributed by atoms with Gasteiger partial charge in [-0.25, -0.2) is 0 Å². The Labute approximate surface area is 134 Å². The Kier molecular flexibility index (Phi) is 5.19. The number of aromatic hydroxyl groups is 1. The number of phenolic OH excluding ortho intramolecular Hbond substituents is 1. The average Bonchev–Trinajstić information content (AvgIpc) is 2.54. The lowest BCUT2D eigenvalue weighted by atomic mass is 10.2. The van der Waals surface area contributed by atoms with Gasteiger partial charge in [0, 0.05) is 0 Å². The van der Waals surface area contributed by atoms with Crippen molar-refractivity contribution in [2.45, 2.75) is 20.0 Å². The number of benzene rings is 2. The van der Waals surface area contributed by atoms with Crippen molar-refractivity contribution in [1.29, 1.82) is 0 Å². The van der Waals surface area contributed by atoms with E-state index in [0.29, 0.717) is 5.75 Å². The molecule has 1 unspecified atom stereocenters. The predicted molar refractivity (Wildman–Crippen MR) is 85.0 cm³/mol. The largest absolute Gasteiger partial charge is 0.507 e. The molecular weight excluding hydrogens is 296 g/mol. The van der Waals surface area contributed by atoms with Gasteiger partial charge < -0.3 is 9.84 Å². The molecule has 2 amide bonds. The minimum Gasteiger partial charge on any atom is -0.507 e. The van der Waals surface area contributed by atoms with Crippen LogP contribution >= 0.6 is 0 Å². The van der Waals surface area contributed by atoms with Crippen LogP contribution in [0.4, 0.5) is 0 Å². The van der Waals surface area contributed by atoms with Crippen LogP contribution in [-0.2, 0) is 4.79 Å². The zero-order chi connectivity index (χ0) is 16.8. The Bertz CT molecular complexity index is 698. The van der Waals surface area contributed by atoms with Gasteiger partial charge >= 0.3 is 0 Å². The molecule has 6 nitrogen and oxygen atoms in total. The zero-order valence-electron chi connectivity index (χ0n) is 12.9. The van der Waals surface area contributed by atoms with Crippen LogP contribution in [-0.4, -0.2) is 23.0 Å². The molecule has 0 saturated heterocycles. The molecule has 0 aromatic heterocycles. The number of aryl methyl sites for hydroxylation is 1. The molecule has 1 atom stereocenters. The topological polar surface area (TPSA) is 87.7 Å². The third kappa shape index (κ3) is 4.47. The first-order valence-corrected chi connectivity index (χ1v) is 7.09. The van der Waals surface area contributed by atoms with Crippen LogP contribution in [0.5, 0.6) is 11.5 Å². The number of hydrogen-bond acceptors (Lipinski definition) is 4. The van der Waals surface area contributed by atoms with E-state index in [-0.39, 0.29) is 11.3 Å². The van der Waals surface area contributed by atoms with E-state index in [1.54, 1.807) is 31.2 Å². The molecule has 0 saturated carbocycles. The minimum absolute atomic E-state index is 0.0694. The summed E-state index contributed by atoms with van der Waals surface area (Å²) in [6.07, 6.45) is -0.789. The number of phenols is 1. The number of carbonyl (C=O) groups excluding carboxylic acids is 2. The molecule has 3 N–H and O–H groups in total. The van der Waals surface area contributed by atoms with E-state index in [1.165, 1.54) is 12.1 Å². The molecular formula is C17H18N2O4. The molecule has 0 radical (unpaired) electrons. The maximum absolute atomic E-state index is 11.9. The molecule has 0 fully saturated rings. The Morgan fingerprint density at radius 3 is 2.35 bits per heavy atom. The van der Waals surface area contributed by atoms with E-state index in [4.69, 9.17) is 4.74 Å². The van der Waals surface area contributed by atoms with Gasteiger partial charge in [0.2, 0.25) is 0 Å². The van der Waals surface area contributed by atoms with Crippen LogP contribution in [0, 0.1) is 6.92 Å². The molecule has 2 aromatic carbocycles. The summed E-state index contributed by atoms with van der Waals surface area (Å²) >= 11 is 0. The van der Waals surface area contributed by atoms with Gasteiger partial charge in [-0.2, -0.15) is 0 Å². The van der Waals surface area contributed by atoms with Crippen molar-refractivity contribution in [3.8, 4) is 11.5 Å². The summed E-state index contributed by atoms with van der Waals surface area (Å²) in [4.78, 5) is 23.8. The van der Waals surface area contributed by atoms with Crippen molar-refractivity contribution in [3.63, 3.8) is 0 Å². The van der Waals surface area contributed by atoms with Crippen molar-refractivity contribution in [2.75, 3.05) is 0 Å². The van der Waals surface area contributed by atoms with Crippen molar-refractivity contribution < 1.29 is 19.4 Å². The molecule has 0 aliphatic heterocycles. The summed E-state index contributed by atoms with van der Waals surface area (Å²) in [5.41, 5.74) is 5.66. The van der Waals surface area contributed by atoms with Crippen LogP contribution in [0.2, 0.25) is 0 Å². The average molecular weight is 314 g/mol. The monoisotopic (exact) mass is 314 g/mol. The quantitative estimate of drug-likeness (QED) is 0.753. The van der Waals surface area contributed by atoms with E-state index in [0.717, 1.165) is 5.56 Å². The fourth-order valence-electron chi connectivity index (χ4n) is 1.83. The highest BCUT2D eigenvalue weighted by Crippen LogP contribution is 2.15. The second-order valence-electron chi connectivity index (χ2n) is 5.03. The highest BCUT2D eigenvalue weighted by molar-refractivity contribution is 5.97. The number of carbonyl (C=O) groups is 2. The molecule has 120 valence electrons. The number of rotatable bonds is 4. The van der Waals surface area contributed by atoms with Crippen LogP contribution in [0.25, 0.3) is 0 Å². The van der Waals surface area contributed by atoms with E-state index in [9.17, 15) is 14.7 Å². The minimum atomic E-state index is -0.789. The van der Waals surface area contributed by atoms with E-state index in [1.807, 2.05) is 19.1 Å². The summed E-state index contributed by atoms with van der Waals surface area (Å²) in [6, 6.07) is 13.3. The number of para-hydroxylation sites is 1. The Hall–Kier alpha value is -3.02. The summed E-state index contributed by atoms with van der Waals surface area (Å²) in [6.45, 7) is 3.52. The maximum Gasteiger partial charge on any atom is 0.279 e. The first-order valence-electron chi connectivity index (χ1n) is 7.09. The molecule has 0 heterocycles. The number of ether oxygens (including phenoxy) is 1. The summed E-state index contributed by atoms with van der Waals surface area (Å²) in [5, 5.41) is 9.57. The molecule has 0 aliphatic carbocycles. The van der Waals surface area contributed by atoms with Crippen molar-refractivity contribution >= 4 is 11.8 Å². The molecule has 0 bridgehead atoms. The molecule has 0 spiro atoms. The van der Waals surface area contributed by atoms with Crippen LogP contribution in [0.1, 0.15) is 22.8 Å². The maximum atomic E-state index is 11.9. The summed E-state index contributed by atoms with van der Waals surface area (Å²) in [5.74, 6) is -0.721. The molecule has 2 aromatic rings. The number of amides is 2. The standard InChI is InChI=1S/C17H18N2O4/c1-11-7-9-13(10-8-11)23-12(2)16(21)18-19-17(22)14-5-3-4-6-15(14)20/h3-10,12,20H,1-2H3,(H,18,21)(H,19,22). The van der Waals surface area contributed by atoms with Gasteiger partial charge in [-0.15, -0.1) is 0 Å². The van der Waals surface area contributed by atoms with Gasteiger partial charge in [0.15, 0.2) is 6.10 Å². The summed E-state index contributed by atoms with van der Waals surface area (Å²) in [7, 11) is 0. The van der Waals surface area contributed by atoms with Gasteiger partial charge in [0.05, 0.1) is 5.56 Å². The Morgan fingerprint density at radius 2 is 1.70 bits per heavy atom. The first-order chi connectivity index (χ1) is 11.0. The lowest BCUT2D eigenvalue weighted by Crippen LogP contribution is -2.47. The Balaban J connectivity index is 1.87. The first kappa shape index (κ1) is 16.4.